The highest BCUT2D eigenvalue weighted by molar-refractivity contribution is 5.78. The van der Waals surface area contributed by atoms with Crippen molar-refractivity contribution in [3.63, 3.8) is 0 Å². The number of hydrogen-bond donors (Lipinski definition) is 1. The van der Waals surface area contributed by atoms with Crippen LogP contribution in [0.2, 0.25) is 0 Å². The van der Waals surface area contributed by atoms with Crippen LogP contribution in [0.15, 0.2) is 24.3 Å². The zero-order valence-electron chi connectivity index (χ0n) is 16.1. The minimum Gasteiger partial charge on any atom is -0.469 e. The van der Waals surface area contributed by atoms with Gasteiger partial charge in [0.15, 0.2) is 0 Å². The van der Waals surface area contributed by atoms with E-state index in [1.165, 1.54) is 57.6 Å². The van der Waals surface area contributed by atoms with E-state index in [0.29, 0.717) is 0 Å². The van der Waals surface area contributed by atoms with Crippen LogP contribution in [0.4, 0.5) is 0 Å². The number of unbranched alkanes of at least 4 members (excludes halogenated alkanes) is 7. The molecule has 0 heterocycles. The smallest absolute Gasteiger partial charge is 0.313 e. The van der Waals surface area contributed by atoms with E-state index in [2.05, 4.69) is 31.2 Å². The van der Waals surface area contributed by atoms with Gasteiger partial charge in [-0.25, -0.2) is 0 Å². The van der Waals surface area contributed by atoms with Gasteiger partial charge in [-0.15, -0.1) is 0 Å². The van der Waals surface area contributed by atoms with Gasteiger partial charge in [-0.1, -0.05) is 69.7 Å². The first kappa shape index (κ1) is 21.7. The van der Waals surface area contributed by atoms with Crippen molar-refractivity contribution >= 4 is 5.97 Å². The first-order chi connectivity index (χ1) is 12.2. The van der Waals surface area contributed by atoms with Gasteiger partial charge in [0, 0.05) is 6.61 Å². The summed E-state index contributed by atoms with van der Waals surface area (Å²) in [6, 6.07) is 8.43. The van der Waals surface area contributed by atoms with E-state index < -0.39 is 0 Å². The van der Waals surface area contributed by atoms with Crippen molar-refractivity contribution in [2.24, 2.45) is 0 Å². The molecule has 0 spiro atoms. The van der Waals surface area contributed by atoms with Crippen LogP contribution >= 0.6 is 0 Å². The Labute approximate surface area is 153 Å². The van der Waals surface area contributed by atoms with Crippen LogP contribution in [-0.4, -0.2) is 24.8 Å². The highest BCUT2D eigenvalue weighted by Crippen LogP contribution is 2.24. The molecule has 0 aromatic heterocycles. The second-order valence-electron chi connectivity index (χ2n) is 6.91. The van der Waals surface area contributed by atoms with Crippen LogP contribution in [0, 0.1) is 0 Å². The molecule has 0 aliphatic rings. The number of esters is 1. The molecule has 3 nitrogen and oxygen atoms in total. The fourth-order valence-electron chi connectivity index (χ4n) is 3.23. The van der Waals surface area contributed by atoms with Gasteiger partial charge in [-0.05, 0) is 43.2 Å². The molecule has 3 heteroatoms. The maximum Gasteiger partial charge on any atom is 0.313 e. The standard InChI is InChI=1S/C22H36O3/c1-3-4-5-6-7-8-9-12-19-14-16-20(17-15-19)21(22(24)25-2)13-10-11-18-23/h14-17,21,23H,3-13,18H2,1-2H3. The lowest BCUT2D eigenvalue weighted by atomic mass is 9.92. The van der Waals surface area contributed by atoms with Gasteiger partial charge in [0.05, 0.1) is 13.0 Å². The Kier molecular flexibility index (Phi) is 12.0. The van der Waals surface area contributed by atoms with E-state index in [-0.39, 0.29) is 18.5 Å². The van der Waals surface area contributed by atoms with Crippen molar-refractivity contribution in [3.8, 4) is 0 Å². The number of ether oxygens (including phenoxy) is 1. The molecule has 1 N–H and O–H groups in total. The molecule has 1 aromatic rings. The first-order valence-corrected chi connectivity index (χ1v) is 10.0. The molecule has 0 saturated carbocycles. The lowest BCUT2D eigenvalue weighted by Crippen LogP contribution is -2.14. The largest absolute Gasteiger partial charge is 0.469 e. The van der Waals surface area contributed by atoms with E-state index in [9.17, 15) is 4.79 Å². The molecule has 1 aromatic carbocycles. The van der Waals surface area contributed by atoms with E-state index >= 15 is 0 Å². The Morgan fingerprint density at radius 2 is 1.60 bits per heavy atom. The van der Waals surface area contributed by atoms with E-state index in [0.717, 1.165) is 31.2 Å². The predicted molar refractivity (Wildman–Crippen MR) is 104 cm³/mol. The average molecular weight is 349 g/mol. The van der Waals surface area contributed by atoms with Crippen molar-refractivity contribution in [1.82, 2.24) is 0 Å². The normalized spacial score (nSPS) is 12.1. The summed E-state index contributed by atoms with van der Waals surface area (Å²) in [5.41, 5.74) is 2.37. The van der Waals surface area contributed by atoms with Crippen molar-refractivity contribution in [3.05, 3.63) is 35.4 Å². The van der Waals surface area contributed by atoms with Crippen LogP contribution in [0.3, 0.4) is 0 Å². The summed E-state index contributed by atoms with van der Waals surface area (Å²) in [6.07, 6.45) is 12.7. The highest BCUT2D eigenvalue weighted by atomic mass is 16.5. The third-order valence-electron chi connectivity index (χ3n) is 4.84. The second kappa shape index (κ2) is 13.9. The molecule has 0 amide bonds. The number of carbonyl (C=O) groups excluding carboxylic acids is 1. The van der Waals surface area contributed by atoms with E-state index in [1.54, 1.807) is 0 Å². The number of aliphatic hydroxyl groups excluding tert-OH is 1. The minimum absolute atomic E-state index is 0.172. The molecular weight excluding hydrogens is 312 g/mol. The van der Waals surface area contributed by atoms with Crippen LogP contribution in [0.5, 0.6) is 0 Å². The Balaban J connectivity index is 2.42. The summed E-state index contributed by atoms with van der Waals surface area (Å²) in [5, 5.41) is 8.93. The van der Waals surface area contributed by atoms with Crippen molar-refractivity contribution in [2.75, 3.05) is 13.7 Å². The molecule has 0 bridgehead atoms. The first-order valence-electron chi connectivity index (χ1n) is 10.0. The third-order valence-corrected chi connectivity index (χ3v) is 4.84. The molecule has 0 radical (unpaired) electrons. The monoisotopic (exact) mass is 348 g/mol. The Bertz CT molecular complexity index is 453. The van der Waals surface area contributed by atoms with Crippen molar-refractivity contribution < 1.29 is 14.6 Å². The maximum absolute atomic E-state index is 12.0. The van der Waals surface area contributed by atoms with E-state index in [4.69, 9.17) is 9.84 Å². The Morgan fingerprint density at radius 1 is 0.960 bits per heavy atom. The predicted octanol–water partition coefficient (Wildman–Crippen LogP) is 5.40. The molecule has 0 aliphatic carbocycles. The number of aryl methyl sites for hydroxylation is 1. The van der Waals surface area contributed by atoms with Gasteiger partial charge in [0.25, 0.3) is 0 Å². The van der Waals surface area contributed by atoms with Gasteiger partial charge >= 0.3 is 5.97 Å². The molecule has 0 saturated heterocycles. The average Bonchev–Trinajstić information content (AvgIpc) is 2.65. The van der Waals surface area contributed by atoms with Gasteiger partial charge in [0.1, 0.15) is 0 Å². The SMILES string of the molecule is CCCCCCCCCc1ccc(C(CCCCO)C(=O)OC)cc1. The van der Waals surface area contributed by atoms with E-state index in [1.807, 2.05) is 0 Å². The third kappa shape index (κ3) is 9.06. The van der Waals surface area contributed by atoms with Crippen LogP contribution in [0.1, 0.15) is 88.2 Å². The number of aliphatic hydroxyl groups is 1. The molecular formula is C22H36O3. The fraction of sp³-hybridized carbons (Fsp3) is 0.682. The van der Waals surface area contributed by atoms with Crippen LogP contribution in [-0.2, 0) is 16.0 Å². The van der Waals surface area contributed by atoms with Gasteiger partial charge in [-0.3, -0.25) is 4.79 Å². The summed E-state index contributed by atoms with van der Waals surface area (Å²) < 4.78 is 4.95. The molecule has 0 fully saturated rings. The fourth-order valence-corrected chi connectivity index (χ4v) is 3.23. The maximum atomic E-state index is 12.0. The Morgan fingerprint density at radius 3 is 2.20 bits per heavy atom. The van der Waals surface area contributed by atoms with Crippen LogP contribution < -0.4 is 0 Å². The summed E-state index contributed by atoms with van der Waals surface area (Å²) >= 11 is 0. The van der Waals surface area contributed by atoms with Crippen LogP contribution in [0.25, 0.3) is 0 Å². The lowest BCUT2D eigenvalue weighted by molar-refractivity contribution is -0.142. The zero-order chi connectivity index (χ0) is 18.3. The number of rotatable bonds is 14. The van der Waals surface area contributed by atoms with Gasteiger partial charge < -0.3 is 9.84 Å². The van der Waals surface area contributed by atoms with Gasteiger partial charge in [-0.2, -0.15) is 0 Å². The van der Waals surface area contributed by atoms with Gasteiger partial charge in [0.2, 0.25) is 0 Å². The molecule has 1 unspecified atom stereocenters. The molecule has 1 rings (SSSR count). The highest BCUT2D eigenvalue weighted by Gasteiger charge is 2.20. The zero-order valence-corrected chi connectivity index (χ0v) is 16.1. The number of carbonyl (C=O) groups is 1. The summed E-state index contributed by atoms with van der Waals surface area (Å²) in [5.74, 6) is -0.401. The van der Waals surface area contributed by atoms with Crippen molar-refractivity contribution in [1.29, 1.82) is 0 Å². The molecule has 25 heavy (non-hydrogen) atoms. The quantitative estimate of drug-likeness (QED) is 0.362. The summed E-state index contributed by atoms with van der Waals surface area (Å²) in [4.78, 5) is 12.0. The minimum atomic E-state index is -0.218. The summed E-state index contributed by atoms with van der Waals surface area (Å²) in [6.45, 7) is 2.42. The molecule has 0 aliphatic heterocycles. The number of methoxy groups -OCH3 is 1. The number of hydrogen-bond acceptors (Lipinski definition) is 3. The molecule has 1 atom stereocenters. The number of benzene rings is 1. The lowest BCUT2D eigenvalue weighted by Gasteiger charge is -2.15. The Hall–Kier alpha value is -1.35. The van der Waals surface area contributed by atoms with Crippen molar-refractivity contribution in [2.45, 2.75) is 83.5 Å². The molecule has 142 valence electrons. The summed E-state index contributed by atoms with van der Waals surface area (Å²) in [7, 11) is 1.44. The topological polar surface area (TPSA) is 46.5 Å². The second-order valence-corrected chi connectivity index (χ2v) is 6.91.